The summed E-state index contributed by atoms with van der Waals surface area (Å²) in [5, 5.41) is 8.67. The molecule has 0 aliphatic heterocycles. The number of aromatic carboxylic acids is 1. The maximum absolute atomic E-state index is 13.6. The molecule has 2 aromatic rings. The topological polar surface area (TPSA) is 76.2 Å². The lowest BCUT2D eigenvalue weighted by molar-refractivity contribution is 0.0684. The van der Waals surface area contributed by atoms with Crippen molar-refractivity contribution in [3.63, 3.8) is 0 Å². The van der Waals surface area contributed by atoms with Crippen LogP contribution in [0.3, 0.4) is 0 Å². The molecule has 0 amide bonds. The first-order valence-corrected chi connectivity index (χ1v) is 4.88. The molecule has 2 heterocycles. The van der Waals surface area contributed by atoms with E-state index in [2.05, 4.69) is 25.9 Å². The van der Waals surface area contributed by atoms with Crippen LogP contribution in [0.4, 0.5) is 4.39 Å². The van der Waals surface area contributed by atoms with Crippen LogP contribution in [0.25, 0.3) is 11.5 Å². The van der Waals surface area contributed by atoms with Crippen LogP contribution in [-0.2, 0) is 0 Å². The molecule has 82 valence electrons. The number of hydrogen-bond donors (Lipinski definition) is 1. The van der Waals surface area contributed by atoms with Crippen molar-refractivity contribution >= 4 is 21.9 Å². The van der Waals surface area contributed by atoms with Crippen molar-refractivity contribution in [2.24, 2.45) is 0 Å². The number of rotatable bonds is 2. The van der Waals surface area contributed by atoms with Crippen LogP contribution >= 0.6 is 15.9 Å². The lowest BCUT2D eigenvalue weighted by atomic mass is 10.2. The molecule has 0 saturated carbocycles. The fourth-order valence-corrected chi connectivity index (χ4v) is 1.44. The van der Waals surface area contributed by atoms with Crippen LogP contribution in [0, 0.1) is 5.82 Å². The van der Waals surface area contributed by atoms with Gasteiger partial charge >= 0.3 is 5.97 Å². The molecule has 0 unspecified atom stereocenters. The Kier molecular flexibility index (Phi) is 2.69. The van der Waals surface area contributed by atoms with Gasteiger partial charge in [-0.25, -0.2) is 19.2 Å². The van der Waals surface area contributed by atoms with Gasteiger partial charge in [-0.1, -0.05) is 0 Å². The van der Waals surface area contributed by atoms with Crippen LogP contribution in [0.2, 0.25) is 0 Å². The van der Waals surface area contributed by atoms with Crippen molar-refractivity contribution in [2.75, 3.05) is 0 Å². The first-order chi connectivity index (χ1) is 7.59. The van der Waals surface area contributed by atoms with E-state index in [1.807, 2.05) is 0 Å². The van der Waals surface area contributed by atoms with Crippen LogP contribution in [0.1, 0.15) is 10.5 Å². The highest BCUT2D eigenvalue weighted by molar-refractivity contribution is 9.10. The van der Waals surface area contributed by atoms with Crippen LogP contribution in [0.15, 0.2) is 27.5 Å². The van der Waals surface area contributed by atoms with E-state index < -0.39 is 17.5 Å². The molecule has 0 saturated heterocycles. The predicted octanol–water partition coefficient (Wildman–Crippen LogP) is 2.34. The maximum Gasteiger partial charge on any atom is 0.357 e. The summed E-state index contributed by atoms with van der Waals surface area (Å²) in [6.45, 7) is 0. The van der Waals surface area contributed by atoms with E-state index in [-0.39, 0.29) is 11.5 Å². The molecule has 0 bridgehead atoms. The standard InChI is InChI=1S/C9H4BrFN2O3/c10-5-2-1-4(16-5)7-6(11)8(9(14)15)13-3-12-7/h1-3H,(H,14,15). The zero-order valence-electron chi connectivity index (χ0n) is 7.65. The van der Waals surface area contributed by atoms with Gasteiger partial charge in [-0.05, 0) is 28.1 Å². The minimum Gasteiger partial charge on any atom is -0.476 e. The summed E-state index contributed by atoms with van der Waals surface area (Å²) in [5.74, 6) is -2.34. The molecule has 0 aliphatic rings. The largest absolute Gasteiger partial charge is 0.476 e. The number of carbonyl (C=O) groups is 1. The number of carboxylic acids is 1. The minimum atomic E-state index is -1.45. The molecular formula is C9H4BrFN2O3. The van der Waals surface area contributed by atoms with Crippen molar-refractivity contribution in [3.05, 3.63) is 34.6 Å². The average molecular weight is 287 g/mol. The molecule has 0 radical (unpaired) electrons. The van der Waals surface area contributed by atoms with E-state index in [1.165, 1.54) is 6.07 Å². The number of nitrogens with zero attached hydrogens (tertiary/aromatic N) is 2. The Morgan fingerprint density at radius 1 is 1.44 bits per heavy atom. The molecule has 0 aromatic carbocycles. The Labute approximate surface area is 97.1 Å². The molecule has 0 atom stereocenters. The third kappa shape index (κ3) is 1.81. The molecule has 16 heavy (non-hydrogen) atoms. The van der Waals surface area contributed by atoms with Crippen molar-refractivity contribution in [1.29, 1.82) is 0 Å². The van der Waals surface area contributed by atoms with Gasteiger partial charge in [-0.2, -0.15) is 0 Å². The fourth-order valence-electron chi connectivity index (χ4n) is 1.13. The predicted molar refractivity (Wildman–Crippen MR) is 54.4 cm³/mol. The van der Waals surface area contributed by atoms with E-state index in [0.29, 0.717) is 4.67 Å². The van der Waals surface area contributed by atoms with Crippen molar-refractivity contribution in [2.45, 2.75) is 0 Å². The van der Waals surface area contributed by atoms with Gasteiger partial charge in [0.1, 0.15) is 12.0 Å². The number of furan rings is 1. The first kappa shape index (κ1) is 10.7. The second kappa shape index (κ2) is 4.01. The summed E-state index contributed by atoms with van der Waals surface area (Å²) in [6, 6.07) is 3.03. The fraction of sp³-hybridized carbons (Fsp3) is 0. The van der Waals surface area contributed by atoms with Crippen molar-refractivity contribution < 1.29 is 18.7 Å². The maximum atomic E-state index is 13.6. The number of aromatic nitrogens is 2. The van der Waals surface area contributed by atoms with E-state index in [9.17, 15) is 9.18 Å². The molecule has 2 aromatic heterocycles. The monoisotopic (exact) mass is 286 g/mol. The molecule has 2 rings (SSSR count). The summed E-state index contributed by atoms with van der Waals surface area (Å²) < 4.78 is 19.1. The van der Waals surface area contributed by atoms with Gasteiger partial charge in [-0.15, -0.1) is 0 Å². The van der Waals surface area contributed by atoms with E-state index in [1.54, 1.807) is 6.07 Å². The Balaban J connectivity index is 2.58. The van der Waals surface area contributed by atoms with Crippen LogP contribution in [0.5, 0.6) is 0 Å². The van der Waals surface area contributed by atoms with Gasteiger partial charge in [0.2, 0.25) is 0 Å². The van der Waals surface area contributed by atoms with Gasteiger partial charge in [0.15, 0.2) is 21.9 Å². The normalized spacial score (nSPS) is 10.4. The van der Waals surface area contributed by atoms with E-state index in [0.717, 1.165) is 6.33 Å². The SMILES string of the molecule is O=C(O)c1ncnc(-c2ccc(Br)o2)c1F. The van der Waals surface area contributed by atoms with Gasteiger partial charge in [-0.3, -0.25) is 0 Å². The second-order valence-electron chi connectivity index (χ2n) is 2.79. The van der Waals surface area contributed by atoms with Crippen LogP contribution < -0.4 is 0 Å². The molecule has 7 heteroatoms. The third-order valence-corrected chi connectivity index (χ3v) is 2.22. The van der Waals surface area contributed by atoms with E-state index in [4.69, 9.17) is 9.52 Å². The smallest absolute Gasteiger partial charge is 0.357 e. The Morgan fingerprint density at radius 3 is 2.75 bits per heavy atom. The van der Waals surface area contributed by atoms with Gasteiger partial charge in [0.05, 0.1) is 0 Å². The summed E-state index contributed by atoms with van der Waals surface area (Å²) >= 11 is 3.05. The summed E-state index contributed by atoms with van der Waals surface area (Å²) in [4.78, 5) is 17.6. The quantitative estimate of drug-likeness (QED) is 0.917. The molecule has 1 N–H and O–H groups in total. The number of halogens is 2. The van der Waals surface area contributed by atoms with Gasteiger partial charge in [0, 0.05) is 0 Å². The summed E-state index contributed by atoms with van der Waals surface area (Å²) in [7, 11) is 0. The van der Waals surface area contributed by atoms with Gasteiger partial charge < -0.3 is 9.52 Å². The minimum absolute atomic E-state index is 0.134. The molecule has 5 nitrogen and oxygen atoms in total. The number of carboxylic acid groups (broad SMARTS) is 1. The van der Waals surface area contributed by atoms with Crippen molar-refractivity contribution in [3.8, 4) is 11.5 Å². The Morgan fingerprint density at radius 2 is 2.19 bits per heavy atom. The van der Waals surface area contributed by atoms with E-state index >= 15 is 0 Å². The van der Waals surface area contributed by atoms with Crippen LogP contribution in [-0.4, -0.2) is 21.0 Å². The zero-order valence-corrected chi connectivity index (χ0v) is 9.23. The second-order valence-corrected chi connectivity index (χ2v) is 3.58. The average Bonchev–Trinajstić information content (AvgIpc) is 2.64. The first-order valence-electron chi connectivity index (χ1n) is 4.09. The highest BCUT2D eigenvalue weighted by Crippen LogP contribution is 2.25. The Hall–Kier alpha value is -1.76. The Bertz CT molecular complexity index is 555. The van der Waals surface area contributed by atoms with Crippen molar-refractivity contribution in [1.82, 2.24) is 9.97 Å². The molecule has 0 fully saturated rings. The van der Waals surface area contributed by atoms with Gasteiger partial charge in [0.25, 0.3) is 0 Å². The summed E-state index contributed by atoms with van der Waals surface area (Å²) in [6.07, 6.45) is 0.971. The third-order valence-electron chi connectivity index (χ3n) is 1.80. The molecule has 0 aliphatic carbocycles. The highest BCUT2D eigenvalue weighted by Gasteiger charge is 2.19. The lowest BCUT2D eigenvalue weighted by Gasteiger charge is -2.00. The molecule has 0 spiro atoms. The number of hydrogen-bond acceptors (Lipinski definition) is 4. The highest BCUT2D eigenvalue weighted by atomic mass is 79.9. The lowest BCUT2D eigenvalue weighted by Crippen LogP contribution is -2.06. The summed E-state index contributed by atoms with van der Waals surface area (Å²) in [5.41, 5.74) is -0.865. The molecular weight excluding hydrogens is 283 g/mol. The zero-order chi connectivity index (χ0) is 11.7.